The molecule has 0 aliphatic rings. The molecule has 0 atom stereocenters. The van der Waals surface area contributed by atoms with Gasteiger partial charge in [-0.05, 0) is 17.7 Å². The fourth-order valence-electron chi connectivity index (χ4n) is 1.87. The van der Waals surface area contributed by atoms with E-state index >= 15 is 0 Å². The van der Waals surface area contributed by atoms with E-state index in [9.17, 15) is 14.0 Å². The molecule has 0 heterocycles. The third kappa shape index (κ3) is 2.30. The summed E-state index contributed by atoms with van der Waals surface area (Å²) in [4.78, 5) is 22.2. The zero-order chi connectivity index (χ0) is 14.0. The third-order valence-corrected chi connectivity index (χ3v) is 2.68. The van der Waals surface area contributed by atoms with Crippen molar-refractivity contribution in [1.29, 1.82) is 0 Å². The average Bonchev–Trinajstić information content (AvgIpc) is 2.37. The van der Waals surface area contributed by atoms with Gasteiger partial charge in [0.15, 0.2) is 0 Å². The fraction of sp³-hybridized carbons (Fsp3) is 0. The molecule has 0 aliphatic carbocycles. The van der Waals surface area contributed by atoms with E-state index in [1.807, 2.05) is 0 Å². The van der Waals surface area contributed by atoms with E-state index in [2.05, 4.69) is 0 Å². The average molecular weight is 260 g/mol. The number of aromatic carboxylic acids is 2. The van der Waals surface area contributed by atoms with Gasteiger partial charge in [-0.25, -0.2) is 14.0 Å². The summed E-state index contributed by atoms with van der Waals surface area (Å²) in [7, 11) is 0. The van der Waals surface area contributed by atoms with E-state index in [-0.39, 0.29) is 16.7 Å². The molecule has 96 valence electrons. The van der Waals surface area contributed by atoms with Crippen LogP contribution in [-0.4, -0.2) is 22.2 Å². The van der Waals surface area contributed by atoms with Crippen molar-refractivity contribution in [1.82, 2.24) is 0 Å². The second-order valence-electron chi connectivity index (χ2n) is 3.82. The van der Waals surface area contributed by atoms with Crippen LogP contribution in [0.25, 0.3) is 11.1 Å². The standard InChI is InChI=1S/C14H9FO4/c15-11-7-3-6-9(12(11)14(18)19)8-4-1-2-5-10(8)13(16)17/h1-7H,(H,16,17)(H,18,19). The molecule has 19 heavy (non-hydrogen) atoms. The van der Waals surface area contributed by atoms with Crippen molar-refractivity contribution in [3.8, 4) is 11.1 Å². The van der Waals surface area contributed by atoms with Crippen LogP contribution in [0.2, 0.25) is 0 Å². The topological polar surface area (TPSA) is 74.6 Å². The molecular formula is C14H9FO4. The second-order valence-corrected chi connectivity index (χ2v) is 3.82. The molecule has 4 nitrogen and oxygen atoms in total. The van der Waals surface area contributed by atoms with Crippen LogP contribution in [0, 0.1) is 5.82 Å². The Balaban J connectivity index is 2.76. The van der Waals surface area contributed by atoms with Gasteiger partial charge in [0.25, 0.3) is 0 Å². The quantitative estimate of drug-likeness (QED) is 0.889. The maximum atomic E-state index is 13.6. The SMILES string of the molecule is O=C(O)c1ccccc1-c1cccc(F)c1C(=O)O. The van der Waals surface area contributed by atoms with Crippen LogP contribution in [0.5, 0.6) is 0 Å². The summed E-state index contributed by atoms with van der Waals surface area (Å²) in [5, 5.41) is 18.1. The number of carboxylic acids is 2. The lowest BCUT2D eigenvalue weighted by Crippen LogP contribution is -2.06. The van der Waals surface area contributed by atoms with Crippen molar-refractivity contribution in [3.63, 3.8) is 0 Å². The largest absolute Gasteiger partial charge is 0.478 e. The molecule has 0 aromatic heterocycles. The monoisotopic (exact) mass is 260 g/mol. The van der Waals surface area contributed by atoms with Crippen LogP contribution in [0.15, 0.2) is 42.5 Å². The lowest BCUT2D eigenvalue weighted by atomic mass is 9.95. The second kappa shape index (κ2) is 4.89. The molecule has 0 fully saturated rings. The van der Waals surface area contributed by atoms with Gasteiger partial charge in [0.05, 0.1) is 5.56 Å². The van der Waals surface area contributed by atoms with Crippen LogP contribution >= 0.6 is 0 Å². The number of carboxylic acid groups (broad SMARTS) is 2. The van der Waals surface area contributed by atoms with Gasteiger partial charge in [-0.3, -0.25) is 0 Å². The molecule has 2 aromatic carbocycles. The Kier molecular flexibility index (Phi) is 3.29. The smallest absolute Gasteiger partial charge is 0.339 e. The van der Waals surface area contributed by atoms with Crippen LogP contribution in [0.4, 0.5) is 4.39 Å². The van der Waals surface area contributed by atoms with Gasteiger partial charge in [0.2, 0.25) is 0 Å². The van der Waals surface area contributed by atoms with E-state index < -0.39 is 23.3 Å². The summed E-state index contributed by atoms with van der Waals surface area (Å²) in [6.07, 6.45) is 0. The highest BCUT2D eigenvalue weighted by molar-refractivity contribution is 6.02. The zero-order valence-corrected chi connectivity index (χ0v) is 9.63. The zero-order valence-electron chi connectivity index (χ0n) is 9.63. The van der Waals surface area contributed by atoms with E-state index in [1.54, 1.807) is 6.07 Å². The minimum atomic E-state index is -1.44. The van der Waals surface area contributed by atoms with Crippen molar-refractivity contribution in [2.24, 2.45) is 0 Å². The van der Waals surface area contributed by atoms with Crippen molar-refractivity contribution in [3.05, 3.63) is 59.4 Å². The first-order valence-corrected chi connectivity index (χ1v) is 5.37. The van der Waals surface area contributed by atoms with E-state index in [0.29, 0.717) is 0 Å². The fourth-order valence-corrected chi connectivity index (χ4v) is 1.87. The van der Waals surface area contributed by atoms with Gasteiger partial charge in [0.1, 0.15) is 11.4 Å². The number of carbonyl (C=O) groups is 2. The first-order chi connectivity index (χ1) is 9.02. The van der Waals surface area contributed by atoms with Gasteiger partial charge in [0, 0.05) is 5.56 Å². The van der Waals surface area contributed by atoms with Crippen molar-refractivity contribution < 1.29 is 24.2 Å². The molecule has 0 bridgehead atoms. The molecule has 0 radical (unpaired) electrons. The molecule has 0 aliphatic heterocycles. The lowest BCUT2D eigenvalue weighted by molar-refractivity contribution is 0.0681. The highest BCUT2D eigenvalue weighted by Crippen LogP contribution is 2.28. The van der Waals surface area contributed by atoms with Crippen LogP contribution in [0.3, 0.4) is 0 Å². The first-order valence-electron chi connectivity index (χ1n) is 5.37. The third-order valence-electron chi connectivity index (χ3n) is 2.68. The molecular weight excluding hydrogens is 251 g/mol. The van der Waals surface area contributed by atoms with Gasteiger partial charge in [-0.1, -0.05) is 30.3 Å². The first kappa shape index (κ1) is 12.8. The molecule has 2 N–H and O–H groups in total. The van der Waals surface area contributed by atoms with Crippen molar-refractivity contribution in [2.45, 2.75) is 0 Å². The molecule has 2 rings (SSSR count). The minimum absolute atomic E-state index is 0.0468. The number of halogens is 1. The van der Waals surface area contributed by atoms with Crippen LogP contribution < -0.4 is 0 Å². The summed E-state index contributed by atoms with van der Waals surface area (Å²) >= 11 is 0. The Morgan fingerprint density at radius 3 is 2.11 bits per heavy atom. The number of benzene rings is 2. The minimum Gasteiger partial charge on any atom is -0.478 e. The molecule has 0 spiro atoms. The summed E-state index contributed by atoms with van der Waals surface area (Å²) in [5.74, 6) is -3.53. The molecule has 2 aromatic rings. The maximum Gasteiger partial charge on any atom is 0.339 e. The maximum absolute atomic E-state index is 13.6. The molecule has 5 heteroatoms. The summed E-state index contributed by atoms with van der Waals surface area (Å²) < 4.78 is 13.6. The predicted octanol–water partition coefficient (Wildman–Crippen LogP) is 2.89. The highest BCUT2D eigenvalue weighted by Gasteiger charge is 2.20. The van der Waals surface area contributed by atoms with Gasteiger partial charge in [-0.15, -0.1) is 0 Å². The Hall–Kier alpha value is -2.69. The van der Waals surface area contributed by atoms with Gasteiger partial charge < -0.3 is 10.2 Å². The van der Waals surface area contributed by atoms with Crippen molar-refractivity contribution in [2.75, 3.05) is 0 Å². The number of rotatable bonds is 3. The van der Waals surface area contributed by atoms with E-state index in [1.165, 1.54) is 30.3 Å². The molecule has 0 saturated carbocycles. The summed E-state index contributed by atoms with van der Waals surface area (Å²) in [6, 6.07) is 9.63. The Labute approximate surface area is 107 Å². The molecule has 0 amide bonds. The summed E-state index contributed by atoms with van der Waals surface area (Å²) in [5.41, 5.74) is -0.385. The Morgan fingerprint density at radius 1 is 0.842 bits per heavy atom. The molecule has 0 saturated heterocycles. The van der Waals surface area contributed by atoms with E-state index in [0.717, 1.165) is 6.07 Å². The van der Waals surface area contributed by atoms with Gasteiger partial charge >= 0.3 is 11.9 Å². The Morgan fingerprint density at radius 2 is 1.47 bits per heavy atom. The predicted molar refractivity (Wildman–Crippen MR) is 65.8 cm³/mol. The van der Waals surface area contributed by atoms with Crippen LogP contribution in [0.1, 0.15) is 20.7 Å². The summed E-state index contributed by atoms with van der Waals surface area (Å²) in [6.45, 7) is 0. The van der Waals surface area contributed by atoms with Crippen molar-refractivity contribution >= 4 is 11.9 Å². The van der Waals surface area contributed by atoms with Crippen LogP contribution in [-0.2, 0) is 0 Å². The highest BCUT2D eigenvalue weighted by atomic mass is 19.1. The molecule has 0 unspecified atom stereocenters. The number of hydrogen-bond acceptors (Lipinski definition) is 2. The Bertz CT molecular complexity index is 664. The van der Waals surface area contributed by atoms with E-state index in [4.69, 9.17) is 10.2 Å². The normalized spacial score (nSPS) is 10.2. The lowest BCUT2D eigenvalue weighted by Gasteiger charge is -2.09. The number of hydrogen-bond donors (Lipinski definition) is 2. The van der Waals surface area contributed by atoms with Gasteiger partial charge in [-0.2, -0.15) is 0 Å².